The quantitative estimate of drug-likeness (QED) is 0.837. The van der Waals surface area contributed by atoms with Gasteiger partial charge in [-0.25, -0.2) is 0 Å². The number of alkyl halides is 3. The summed E-state index contributed by atoms with van der Waals surface area (Å²) in [6, 6.07) is 6.26. The SMILES string of the molecule is CC1CCC(CNc2ccc(SC(F)(F)F)cc2)O1. The van der Waals surface area contributed by atoms with E-state index < -0.39 is 5.51 Å². The molecule has 0 aliphatic carbocycles. The van der Waals surface area contributed by atoms with Gasteiger partial charge < -0.3 is 10.1 Å². The molecule has 1 aromatic rings. The second-order valence-corrected chi connectivity index (χ2v) is 5.74. The van der Waals surface area contributed by atoms with E-state index in [-0.39, 0.29) is 22.8 Å². The van der Waals surface area contributed by atoms with Gasteiger partial charge in [-0.15, -0.1) is 0 Å². The van der Waals surface area contributed by atoms with Gasteiger partial charge >= 0.3 is 5.51 Å². The smallest absolute Gasteiger partial charge is 0.382 e. The molecule has 2 atom stereocenters. The highest BCUT2D eigenvalue weighted by atomic mass is 32.2. The number of benzene rings is 1. The number of ether oxygens (including phenoxy) is 1. The lowest BCUT2D eigenvalue weighted by Crippen LogP contribution is -2.19. The molecule has 0 bridgehead atoms. The molecule has 0 radical (unpaired) electrons. The molecule has 0 amide bonds. The van der Waals surface area contributed by atoms with Crippen molar-refractivity contribution in [2.75, 3.05) is 11.9 Å². The van der Waals surface area contributed by atoms with Crippen molar-refractivity contribution in [1.29, 1.82) is 0 Å². The van der Waals surface area contributed by atoms with Gasteiger partial charge in [-0.2, -0.15) is 13.2 Å². The number of thioether (sulfide) groups is 1. The highest BCUT2D eigenvalue weighted by molar-refractivity contribution is 8.00. The van der Waals surface area contributed by atoms with E-state index in [4.69, 9.17) is 4.74 Å². The van der Waals surface area contributed by atoms with Gasteiger partial charge in [0.25, 0.3) is 0 Å². The molecule has 19 heavy (non-hydrogen) atoms. The first kappa shape index (κ1) is 14.5. The van der Waals surface area contributed by atoms with Crippen molar-refractivity contribution in [3.63, 3.8) is 0 Å². The number of rotatable bonds is 4. The highest BCUT2D eigenvalue weighted by Gasteiger charge is 2.29. The zero-order valence-corrected chi connectivity index (χ0v) is 11.4. The minimum Gasteiger partial charge on any atom is -0.382 e. The van der Waals surface area contributed by atoms with Crippen LogP contribution in [-0.2, 0) is 4.74 Å². The molecule has 0 spiro atoms. The van der Waals surface area contributed by atoms with E-state index in [1.807, 2.05) is 6.92 Å². The Morgan fingerprint density at radius 3 is 2.47 bits per heavy atom. The molecule has 0 aromatic heterocycles. The standard InChI is InChI=1S/C13H16F3NOS/c1-9-2-5-11(18-9)8-17-10-3-6-12(7-4-10)19-13(14,15)16/h3-4,6-7,9,11,17H,2,5,8H2,1H3. The van der Waals surface area contributed by atoms with Crippen LogP contribution in [0.1, 0.15) is 19.8 Å². The number of halogens is 3. The van der Waals surface area contributed by atoms with Crippen molar-refractivity contribution in [3.05, 3.63) is 24.3 Å². The van der Waals surface area contributed by atoms with Crippen LogP contribution in [0.15, 0.2) is 29.2 Å². The summed E-state index contributed by atoms with van der Waals surface area (Å²) in [5, 5.41) is 3.18. The Labute approximate surface area is 114 Å². The van der Waals surface area contributed by atoms with E-state index in [9.17, 15) is 13.2 Å². The fourth-order valence-corrected chi connectivity index (χ4v) is 2.58. The molecule has 106 valence electrons. The normalized spacial score (nSPS) is 23.6. The predicted molar refractivity (Wildman–Crippen MR) is 70.4 cm³/mol. The maximum Gasteiger partial charge on any atom is 0.446 e. The van der Waals surface area contributed by atoms with Crippen molar-refractivity contribution in [1.82, 2.24) is 0 Å². The Bertz CT molecular complexity index is 407. The van der Waals surface area contributed by atoms with Crippen LogP contribution >= 0.6 is 11.8 Å². The van der Waals surface area contributed by atoms with E-state index >= 15 is 0 Å². The third-order valence-electron chi connectivity index (χ3n) is 2.94. The van der Waals surface area contributed by atoms with E-state index in [1.165, 1.54) is 12.1 Å². The molecule has 1 aromatic carbocycles. The Morgan fingerprint density at radius 2 is 1.95 bits per heavy atom. The van der Waals surface area contributed by atoms with E-state index in [2.05, 4.69) is 5.32 Å². The highest BCUT2D eigenvalue weighted by Crippen LogP contribution is 2.37. The van der Waals surface area contributed by atoms with Crippen LogP contribution in [0.3, 0.4) is 0 Å². The lowest BCUT2D eigenvalue weighted by atomic mass is 10.2. The molecular weight excluding hydrogens is 275 g/mol. The summed E-state index contributed by atoms with van der Waals surface area (Å²) in [4.78, 5) is 0.198. The molecule has 2 nitrogen and oxygen atoms in total. The van der Waals surface area contributed by atoms with Gasteiger partial charge in [-0.05, 0) is 55.8 Å². The molecule has 1 heterocycles. The van der Waals surface area contributed by atoms with E-state index in [0.717, 1.165) is 18.5 Å². The molecule has 6 heteroatoms. The van der Waals surface area contributed by atoms with Crippen LogP contribution in [0, 0.1) is 0 Å². The lowest BCUT2D eigenvalue weighted by Gasteiger charge is -2.13. The third-order valence-corrected chi connectivity index (χ3v) is 3.68. The van der Waals surface area contributed by atoms with Crippen molar-refractivity contribution in [3.8, 4) is 0 Å². The average Bonchev–Trinajstić information content (AvgIpc) is 2.72. The average molecular weight is 291 g/mol. The van der Waals surface area contributed by atoms with Crippen LogP contribution in [0.2, 0.25) is 0 Å². The summed E-state index contributed by atoms with van der Waals surface area (Å²) in [7, 11) is 0. The van der Waals surface area contributed by atoms with Crippen molar-refractivity contribution >= 4 is 17.4 Å². The summed E-state index contributed by atoms with van der Waals surface area (Å²) in [6.07, 6.45) is 2.58. The molecule has 1 N–H and O–H groups in total. The fraction of sp³-hybridized carbons (Fsp3) is 0.538. The molecule has 2 unspecified atom stereocenters. The molecule has 1 saturated heterocycles. The van der Waals surface area contributed by atoms with E-state index in [0.29, 0.717) is 12.6 Å². The van der Waals surface area contributed by atoms with Gasteiger partial charge in [-0.1, -0.05) is 0 Å². The summed E-state index contributed by atoms with van der Waals surface area (Å²) >= 11 is -0.0993. The summed E-state index contributed by atoms with van der Waals surface area (Å²) in [5.41, 5.74) is -3.42. The number of nitrogens with one attached hydrogen (secondary N) is 1. The van der Waals surface area contributed by atoms with Gasteiger partial charge in [0, 0.05) is 17.1 Å². The van der Waals surface area contributed by atoms with Crippen LogP contribution in [0.5, 0.6) is 0 Å². The van der Waals surface area contributed by atoms with E-state index in [1.54, 1.807) is 12.1 Å². The fourth-order valence-electron chi connectivity index (χ4n) is 2.04. The molecule has 1 fully saturated rings. The van der Waals surface area contributed by atoms with Crippen LogP contribution in [0.25, 0.3) is 0 Å². The largest absolute Gasteiger partial charge is 0.446 e. The second kappa shape index (κ2) is 6.05. The van der Waals surface area contributed by atoms with Crippen LogP contribution in [-0.4, -0.2) is 24.3 Å². The molecule has 0 saturated carbocycles. The minimum absolute atomic E-state index is 0.0993. The zero-order valence-electron chi connectivity index (χ0n) is 10.5. The minimum atomic E-state index is -4.23. The van der Waals surface area contributed by atoms with Crippen molar-refractivity contribution < 1.29 is 17.9 Å². The Hall–Kier alpha value is -0.880. The molecule has 1 aliphatic rings. The molecule has 2 rings (SSSR count). The van der Waals surface area contributed by atoms with Gasteiger partial charge in [0.1, 0.15) is 0 Å². The number of hydrogen-bond donors (Lipinski definition) is 1. The van der Waals surface area contributed by atoms with Gasteiger partial charge in [0.2, 0.25) is 0 Å². The molecular formula is C13H16F3NOS. The summed E-state index contributed by atoms with van der Waals surface area (Å²) in [5.74, 6) is 0. The number of anilines is 1. The van der Waals surface area contributed by atoms with Crippen LogP contribution in [0.4, 0.5) is 18.9 Å². The van der Waals surface area contributed by atoms with Gasteiger partial charge in [0.05, 0.1) is 12.2 Å². The van der Waals surface area contributed by atoms with Crippen LogP contribution < -0.4 is 5.32 Å². The second-order valence-electron chi connectivity index (χ2n) is 4.60. The topological polar surface area (TPSA) is 21.3 Å². The predicted octanol–water partition coefficient (Wildman–Crippen LogP) is 4.28. The number of hydrogen-bond acceptors (Lipinski definition) is 3. The Balaban J connectivity index is 1.82. The molecule has 1 aliphatic heterocycles. The Morgan fingerprint density at radius 1 is 1.26 bits per heavy atom. The monoisotopic (exact) mass is 291 g/mol. The van der Waals surface area contributed by atoms with Gasteiger partial charge in [0.15, 0.2) is 0 Å². The summed E-state index contributed by atoms with van der Waals surface area (Å²) < 4.78 is 42.1. The summed E-state index contributed by atoms with van der Waals surface area (Å²) in [6.45, 7) is 2.74. The maximum absolute atomic E-state index is 12.2. The van der Waals surface area contributed by atoms with Crippen molar-refractivity contribution in [2.45, 2.75) is 42.4 Å². The van der Waals surface area contributed by atoms with Crippen molar-refractivity contribution in [2.24, 2.45) is 0 Å². The first-order valence-electron chi connectivity index (χ1n) is 6.17. The Kier molecular flexibility index (Phi) is 4.62. The first-order chi connectivity index (χ1) is 8.92. The zero-order chi connectivity index (χ0) is 13.9. The third kappa shape index (κ3) is 4.95. The maximum atomic E-state index is 12.2. The lowest BCUT2D eigenvalue weighted by molar-refractivity contribution is -0.0328. The van der Waals surface area contributed by atoms with Gasteiger partial charge in [-0.3, -0.25) is 0 Å². The first-order valence-corrected chi connectivity index (χ1v) is 6.99.